The SMILES string of the molecule is CN(CC(=O)NC1CC1)CC(=O)c1cccc(F)c1. The van der Waals surface area contributed by atoms with Gasteiger partial charge in [-0.1, -0.05) is 12.1 Å². The quantitative estimate of drug-likeness (QED) is 0.786. The molecule has 19 heavy (non-hydrogen) atoms. The van der Waals surface area contributed by atoms with Crippen molar-refractivity contribution >= 4 is 11.7 Å². The van der Waals surface area contributed by atoms with Gasteiger partial charge in [0.1, 0.15) is 5.82 Å². The summed E-state index contributed by atoms with van der Waals surface area (Å²) in [6, 6.07) is 5.90. The summed E-state index contributed by atoms with van der Waals surface area (Å²) >= 11 is 0. The molecule has 1 aromatic carbocycles. The van der Waals surface area contributed by atoms with Gasteiger partial charge >= 0.3 is 0 Å². The Morgan fingerprint density at radius 3 is 2.74 bits per heavy atom. The highest BCUT2D eigenvalue weighted by molar-refractivity contribution is 5.97. The van der Waals surface area contributed by atoms with Crippen molar-refractivity contribution in [3.63, 3.8) is 0 Å². The van der Waals surface area contributed by atoms with Crippen molar-refractivity contribution in [2.75, 3.05) is 20.1 Å². The summed E-state index contributed by atoms with van der Waals surface area (Å²) in [5, 5.41) is 2.85. The van der Waals surface area contributed by atoms with Gasteiger partial charge in [0.2, 0.25) is 5.91 Å². The number of hydrogen-bond donors (Lipinski definition) is 1. The summed E-state index contributed by atoms with van der Waals surface area (Å²) in [7, 11) is 1.70. The van der Waals surface area contributed by atoms with E-state index >= 15 is 0 Å². The zero-order valence-electron chi connectivity index (χ0n) is 10.9. The van der Waals surface area contributed by atoms with Crippen LogP contribution in [0.4, 0.5) is 4.39 Å². The maximum absolute atomic E-state index is 13.0. The summed E-state index contributed by atoms with van der Waals surface area (Å²) in [6.07, 6.45) is 2.08. The van der Waals surface area contributed by atoms with Gasteiger partial charge in [-0.05, 0) is 32.0 Å². The van der Waals surface area contributed by atoms with Gasteiger partial charge in [-0.2, -0.15) is 0 Å². The fourth-order valence-corrected chi connectivity index (χ4v) is 1.80. The molecule has 0 aromatic heterocycles. The van der Waals surface area contributed by atoms with E-state index in [0.717, 1.165) is 12.8 Å². The lowest BCUT2D eigenvalue weighted by molar-refractivity contribution is -0.121. The number of carbonyl (C=O) groups is 2. The number of benzene rings is 1. The van der Waals surface area contributed by atoms with Crippen molar-refractivity contribution in [1.29, 1.82) is 0 Å². The van der Waals surface area contributed by atoms with Crippen LogP contribution < -0.4 is 5.32 Å². The molecule has 2 rings (SSSR count). The van der Waals surface area contributed by atoms with E-state index in [1.807, 2.05) is 0 Å². The first-order valence-electron chi connectivity index (χ1n) is 6.31. The average Bonchev–Trinajstić information content (AvgIpc) is 3.12. The van der Waals surface area contributed by atoms with Gasteiger partial charge in [0.05, 0.1) is 13.1 Å². The fourth-order valence-electron chi connectivity index (χ4n) is 1.80. The highest BCUT2D eigenvalue weighted by Gasteiger charge is 2.23. The molecule has 1 aromatic rings. The molecule has 4 nitrogen and oxygen atoms in total. The number of Topliss-reactive ketones (excluding diaryl/α,β-unsaturated/α-hetero) is 1. The zero-order chi connectivity index (χ0) is 13.8. The number of nitrogens with one attached hydrogen (secondary N) is 1. The van der Waals surface area contributed by atoms with Gasteiger partial charge in [0.15, 0.2) is 5.78 Å². The van der Waals surface area contributed by atoms with E-state index in [0.29, 0.717) is 11.6 Å². The van der Waals surface area contributed by atoms with Crippen LogP contribution in [0.3, 0.4) is 0 Å². The maximum Gasteiger partial charge on any atom is 0.234 e. The van der Waals surface area contributed by atoms with Crippen molar-refractivity contribution in [2.45, 2.75) is 18.9 Å². The van der Waals surface area contributed by atoms with Crippen LogP contribution in [0.25, 0.3) is 0 Å². The van der Waals surface area contributed by atoms with E-state index in [1.54, 1.807) is 18.0 Å². The fraction of sp³-hybridized carbons (Fsp3) is 0.429. The van der Waals surface area contributed by atoms with Crippen molar-refractivity contribution in [3.05, 3.63) is 35.6 Å². The Hall–Kier alpha value is -1.75. The van der Waals surface area contributed by atoms with E-state index < -0.39 is 5.82 Å². The van der Waals surface area contributed by atoms with Gasteiger partial charge in [0, 0.05) is 11.6 Å². The average molecular weight is 264 g/mol. The Balaban J connectivity index is 1.82. The summed E-state index contributed by atoms with van der Waals surface area (Å²) in [5.41, 5.74) is 0.328. The summed E-state index contributed by atoms with van der Waals surface area (Å²) in [6.45, 7) is 0.277. The number of carbonyl (C=O) groups excluding carboxylic acids is 2. The van der Waals surface area contributed by atoms with Gasteiger partial charge in [-0.15, -0.1) is 0 Å². The second kappa shape index (κ2) is 5.93. The summed E-state index contributed by atoms with van der Waals surface area (Å²) in [5.74, 6) is -0.696. The molecule has 0 spiro atoms. The van der Waals surface area contributed by atoms with Crippen LogP contribution in [0.2, 0.25) is 0 Å². The topological polar surface area (TPSA) is 49.4 Å². The van der Waals surface area contributed by atoms with Crippen LogP contribution in [0.15, 0.2) is 24.3 Å². The Bertz CT molecular complexity index is 486. The lowest BCUT2D eigenvalue weighted by Gasteiger charge is -2.15. The number of nitrogens with zero attached hydrogens (tertiary/aromatic N) is 1. The van der Waals surface area contributed by atoms with Crippen molar-refractivity contribution in [1.82, 2.24) is 10.2 Å². The first-order valence-corrected chi connectivity index (χ1v) is 6.31. The number of amides is 1. The molecule has 1 fully saturated rings. The minimum absolute atomic E-state index is 0.0722. The molecule has 0 heterocycles. The smallest absolute Gasteiger partial charge is 0.234 e. The highest BCUT2D eigenvalue weighted by atomic mass is 19.1. The number of ketones is 1. The minimum atomic E-state index is -0.431. The van der Waals surface area contributed by atoms with E-state index in [1.165, 1.54) is 18.2 Å². The summed E-state index contributed by atoms with van der Waals surface area (Å²) < 4.78 is 13.0. The van der Waals surface area contributed by atoms with Crippen molar-refractivity contribution in [3.8, 4) is 0 Å². The first-order chi connectivity index (χ1) is 9.04. The van der Waals surface area contributed by atoms with Crippen LogP contribution in [-0.2, 0) is 4.79 Å². The zero-order valence-corrected chi connectivity index (χ0v) is 10.9. The third-order valence-electron chi connectivity index (χ3n) is 2.92. The van der Waals surface area contributed by atoms with E-state index in [9.17, 15) is 14.0 Å². The second-order valence-corrected chi connectivity index (χ2v) is 4.95. The highest BCUT2D eigenvalue weighted by Crippen LogP contribution is 2.18. The molecular weight excluding hydrogens is 247 g/mol. The molecule has 0 saturated heterocycles. The second-order valence-electron chi connectivity index (χ2n) is 4.95. The van der Waals surface area contributed by atoms with E-state index in [4.69, 9.17) is 0 Å². The Labute approximate surface area is 111 Å². The first kappa shape index (κ1) is 13.7. The van der Waals surface area contributed by atoms with Crippen LogP contribution in [0, 0.1) is 5.82 Å². The molecule has 5 heteroatoms. The number of rotatable bonds is 6. The molecule has 1 aliphatic rings. The molecular formula is C14H17FN2O2. The Morgan fingerprint density at radius 2 is 2.11 bits per heavy atom. The van der Waals surface area contributed by atoms with E-state index in [-0.39, 0.29) is 24.8 Å². The van der Waals surface area contributed by atoms with Crippen LogP contribution in [0.5, 0.6) is 0 Å². The number of likely N-dealkylation sites (N-methyl/N-ethyl adjacent to an activating group) is 1. The molecule has 1 N–H and O–H groups in total. The predicted molar refractivity (Wildman–Crippen MR) is 69.4 cm³/mol. The molecule has 0 unspecified atom stereocenters. The normalized spacial score (nSPS) is 14.5. The Morgan fingerprint density at radius 1 is 1.37 bits per heavy atom. The molecule has 1 aliphatic carbocycles. The monoisotopic (exact) mass is 264 g/mol. The molecule has 0 aliphatic heterocycles. The molecule has 1 saturated carbocycles. The van der Waals surface area contributed by atoms with Crippen molar-refractivity contribution < 1.29 is 14.0 Å². The number of hydrogen-bond acceptors (Lipinski definition) is 3. The Kier molecular flexibility index (Phi) is 4.27. The lowest BCUT2D eigenvalue weighted by atomic mass is 10.1. The summed E-state index contributed by atoms with van der Waals surface area (Å²) in [4.78, 5) is 25.1. The molecule has 0 radical (unpaired) electrons. The van der Waals surface area contributed by atoms with Gasteiger partial charge < -0.3 is 5.32 Å². The third-order valence-corrected chi connectivity index (χ3v) is 2.92. The maximum atomic E-state index is 13.0. The molecule has 102 valence electrons. The lowest BCUT2D eigenvalue weighted by Crippen LogP contribution is -2.38. The largest absolute Gasteiger partial charge is 0.352 e. The van der Waals surface area contributed by atoms with Crippen LogP contribution in [0.1, 0.15) is 23.2 Å². The van der Waals surface area contributed by atoms with Crippen LogP contribution in [-0.4, -0.2) is 42.8 Å². The molecule has 0 atom stereocenters. The van der Waals surface area contributed by atoms with Gasteiger partial charge in [0.25, 0.3) is 0 Å². The standard InChI is InChI=1S/C14H17FN2O2/c1-17(9-14(19)16-12-5-6-12)8-13(18)10-3-2-4-11(15)7-10/h2-4,7,12H,5-6,8-9H2,1H3,(H,16,19). The van der Waals surface area contributed by atoms with Crippen molar-refractivity contribution in [2.24, 2.45) is 0 Å². The van der Waals surface area contributed by atoms with Crippen LogP contribution >= 0.6 is 0 Å². The third kappa shape index (κ3) is 4.44. The van der Waals surface area contributed by atoms with E-state index in [2.05, 4.69) is 5.32 Å². The van der Waals surface area contributed by atoms with Gasteiger partial charge in [-0.3, -0.25) is 14.5 Å². The molecule has 1 amide bonds. The minimum Gasteiger partial charge on any atom is -0.352 e. The predicted octanol–water partition coefficient (Wildman–Crippen LogP) is 1.22. The molecule has 0 bridgehead atoms. The van der Waals surface area contributed by atoms with Gasteiger partial charge in [-0.25, -0.2) is 4.39 Å². The number of halogens is 1.